The molecule has 0 bridgehead atoms. The smallest absolute Gasteiger partial charge is 0.0250 e. The fraction of sp³-hybridized carbons (Fsp3) is 0.500. The first-order chi connectivity index (χ1) is 9.49. The van der Waals surface area contributed by atoms with Gasteiger partial charge in [0.05, 0.1) is 0 Å². The van der Waals surface area contributed by atoms with Gasteiger partial charge in [-0.1, -0.05) is 59.8 Å². The minimum absolute atomic E-state index is 1.03. The van der Waals surface area contributed by atoms with Crippen molar-refractivity contribution in [2.24, 2.45) is 0 Å². The standard InChI is InChI=1S/C20H32/c1-7-17(3)11-9-12-19(5)13-10-14-20(6)16-15-18(4)8-2/h7-8,12,14H,1,3,9-11,13,15-16H2,2,4-6H3/b18-8+,19-12+,20-14+. The van der Waals surface area contributed by atoms with Gasteiger partial charge in [0.25, 0.3) is 0 Å². The van der Waals surface area contributed by atoms with Crippen molar-refractivity contribution in [1.29, 1.82) is 0 Å². The minimum atomic E-state index is 1.03. The van der Waals surface area contributed by atoms with Gasteiger partial charge in [-0.05, 0) is 66.2 Å². The Bertz CT molecular complexity index is 388. The molecule has 0 aliphatic carbocycles. The maximum atomic E-state index is 3.94. The van der Waals surface area contributed by atoms with Gasteiger partial charge < -0.3 is 0 Å². The van der Waals surface area contributed by atoms with Crippen LogP contribution in [0.3, 0.4) is 0 Å². The molecular weight excluding hydrogens is 240 g/mol. The van der Waals surface area contributed by atoms with E-state index in [1.165, 1.54) is 36.0 Å². The summed E-state index contributed by atoms with van der Waals surface area (Å²) in [7, 11) is 0. The first-order valence-corrected chi connectivity index (χ1v) is 7.72. The second kappa shape index (κ2) is 11.5. The first-order valence-electron chi connectivity index (χ1n) is 7.72. The van der Waals surface area contributed by atoms with Crippen LogP contribution < -0.4 is 0 Å². The summed E-state index contributed by atoms with van der Waals surface area (Å²) in [4.78, 5) is 0. The molecule has 0 saturated carbocycles. The molecule has 0 fully saturated rings. The summed E-state index contributed by atoms with van der Waals surface area (Å²) in [5, 5.41) is 0. The largest absolute Gasteiger partial charge is 0.0988 e. The summed E-state index contributed by atoms with van der Waals surface area (Å²) in [5.74, 6) is 0. The summed E-state index contributed by atoms with van der Waals surface area (Å²) >= 11 is 0. The van der Waals surface area contributed by atoms with E-state index in [0.717, 1.165) is 24.8 Å². The normalized spacial score (nSPS) is 13.5. The Labute approximate surface area is 126 Å². The Hall–Kier alpha value is -1.30. The van der Waals surface area contributed by atoms with E-state index in [1.807, 2.05) is 6.08 Å². The van der Waals surface area contributed by atoms with Crippen LogP contribution in [0.5, 0.6) is 0 Å². The Kier molecular flexibility index (Phi) is 10.8. The highest BCUT2D eigenvalue weighted by Crippen LogP contribution is 2.14. The molecule has 0 saturated heterocycles. The topological polar surface area (TPSA) is 0 Å². The second-order valence-electron chi connectivity index (χ2n) is 5.68. The van der Waals surface area contributed by atoms with Crippen LogP contribution in [0.1, 0.15) is 66.2 Å². The lowest BCUT2D eigenvalue weighted by molar-refractivity contribution is 0.887. The van der Waals surface area contributed by atoms with Crippen LogP contribution in [0.2, 0.25) is 0 Å². The zero-order valence-corrected chi connectivity index (χ0v) is 14.0. The van der Waals surface area contributed by atoms with Gasteiger partial charge in [-0.25, -0.2) is 0 Å². The van der Waals surface area contributed by atoms with Gasteiger partial charge in [-0.15, -0.1) is 0 Å². The highest BCUT2D eigenvalue weighted by atomic mass is 14.0. The van der Waals surface area contributed by atoms with Gasteiger partial charge in [-0.3, -0.25) is 0 Å². The zero-order chi connectivity index (χ0) is 15.4. The van der Waals surface area contributed by atoms with Crippen LogP contribution in [0.4, 0.5) is 0 Å². The molecule has 0 heterocycles. The maximum absolute atomic E-state index is 3.94. The Morgan fingerprint density at radius 1 is 0.800 bits per heavy atom. The monoisotopic (exact) mass is 272 g/mol. The fourth-order valence-corrected chi connectivity index (χ4v) is 1.90. The van der Waals surface area contributed by atoms with E-state index in [9.17, 15) is 0 Å². The zero-order valence-electron chi connectivity index (χ0n) is 14.0. The van der Waals surface area contributed by atoms with Crippen molar-refractivity contribution in [3.63, 3.8) is 0 Å². The molecule has 0 rings (SSSR count). The van der Waals surface area contributed by atoms with Gasteiger partial charge >= 0.3 is 0 Å². The molecule has 20 heavy (non-hydrogen) atoms. The highest BCUT2D eigenvalue weighted by Gasteiger charge is 1.94. The summed E-state index contributed by atoms with van der Waals surface area (Å²) in [6.45, 7) is 16.5. The molecule has 0 amide bonds. The average molecular weight is 272 g/mol. The van der Waals surface area contributed by atoms with Crippen molar-refractivity contribution in [2.75, 3.05) is 0 Å². The molecule has 0 radical (unpaired) electrons. The average Bonchev–Trinajstić information content (AvgIpc) is 2.44. The Balaban J connectivity index is 3.93. The van der Waals surface area contributed by atoms with Crippen molar-refractivity contribution in [3.05, 3.63) is 59.8 Å². The van der Waals surface area contributed by atoms with Gasteiger partial charge in [-0.2, -0.15) is 0 Å². The molecule has 0 atom stereocenters. The Morgan fingerprint density at radius 2 is 1.30 bits per heavy atom. The number of rotatable bonds is 10. The van der Waals surface area contributed by atoms with Crippen LogP contribution in [0, 0.1) is 0 Å². The van der Waals surface area contributed by atoms with Crippen molar-refractivity contribution in [1.82, 2.24) is 0 Å². The molecule has 0 aliphatic heterocycles. The number of hydrogen-bond acceptors (Lipinski definition) is 0. The van der Waals surface area contributed by atoms with Crippen LogP contribution in [0.15, 0.2) is 59.8 Å². The molecule has 112 valence electrons. The first kappa shape index (κ1) is 18.7. The van der Waals surface area contributed by atoms with Crippen LogP contribution in [-0.2, 0) is 0 Å². The highest BCUT2D eigenvalue weighted by molar-refractivity contribution is 5.12. The van der Waals surface area contributed by atoms with E-state index >= 15 is 0 Å². The van der Waals surface area contributed by atoms with Gasteiger partial charge in [0.15, 0.2) is 0 Å². The van der Waals surface area contributed by atoms with Gasteiger partial charge in [0, 0.05) is 0 Å². The van der Waals surface area contributed by atoms with E-state index in [1.54, 1.807) is 0 Å². The molecule has 0 N–H and O–H groups in total. The molecular formula is C20H32. The van der Waals surface area contributed by atoms with Gasteiger partial charge in [0.1, 0.15) is 0 Å². The van der Waals surface area contributed by atoms with Crippen molar-refractivity contribution in [3.8, 4) is 0 Å². The van der Waals surface area contributed by atoms with E-state index in [0.29, 0.717) is 0 Å². The molecule has 0 aromatic rings. The second-order valence-corrected chi connectivity index (χ2v) is 5.68. The third-order valence-electron chi connectivity index (χ3n) is 3.68. The SMILES string of the molecule is C=CC(=C)CC/C=C(\C)CC/C=C(\C)CC/C(C)=C/C. The predicted octanol–water partition coefficient (Wildman–Crippen LogP) is 6.93. The van der Waals surface area contributed by atoms with Crippen LogP contribution >= 0.6 is 0 Å². The van der Waals surface area contributed by atoms with Crippen LogP contribution in [-0.4, -0.2) is 0 Å². The fourth-order valence-electron chi connectivity index (χ4n) is 1.90. The third-order valence-corrected chi connectivity index (χ3v) is 3.68. The summed E-state index contributed by atoms with van der Waals surface area (Å²) < 4.78 is 0. The van der Waals surface area contributed by atoms with E-state index < -0.39 is 0 Å². The lowest BCUT2D eigenvalue weighted by Gasteiger charge is -2.03. The lowest BCUT2D eigenvalue weighted by atomic mass is 10.0. The lowest BCUT2D eigenvalue weighted by Crippen LogP contribution is -1.83. The molecule has 0 aliphatic rings. The number of hydrogen-bond donors (Lipinski definition) is 0. The van der Waals surface area contributed by atoms with E-state index in [2.05, 4.69) is 59.1 Å². The Morgan fingerprint density at radius 3 is 1.85 bits per heavy atom. The molecule has 0 heteroatoms. The maximum Gasteiger partial charge on any atom is -0.0250 e. The minimum Gasteiger partial charge on any atom is -0.0988 e. The molecule has 0 unspecified atom stereocenters. The predicted molar refractivity (Wildman–Crippen MR) is 94.0 cm³/mol. The summed E-state index contributed by atoms with van der Waals surface area (Å²) in [5.41, 5.74) is 5.61. The quantitative estimate of drug-likeness (QED) is 0.299. The van der Waals surface area contributed by atoms with Crippen molar-refractivity contribution in [2.45, 2.75) is 66.2 Å². The molecule has 0 spiro atoms. The number of allylic oxidation sites excluding steroid dienone is 8. The molecule has 0 aromatic carbocycles. The summed E-state index contributed by atoms with van der Waals surface area (Å²) in [6.07, 6.45) is 15.6. The van der Waals surface area contributed by atoms with Crippen molar-refractivity contribution >= 4 is 0 Å². The molecule has 0 nitrogen and oxygen atoms in total. The van der Waals surface area contributed by atoms with E-state index in [-0.39, 0.29) is 0 Å². The van der Waals surface area contributed by atoms with Crippen LogP contribution in [0.25, 0.3) is 0 Å². The third kappa shape index (κ3) is 10.6. The van der Waals surface area contributed by atoms with Crippen molar-refractivity contribution < 1.29 is 0 Å². The van der Waals surface area contributed by atoms with Gasteiger partial charge in [0.2, 0.25) is 0 Å². The van der Waals surface area contributed by atoms with E-state index in [4.69, 9.17) is 0 Å². The summed E-state index contributed by atoms with van der Waals surface area (Å²) in [6, 6.07) is 0. The molecule has 0 aromatic heterocycles.